The first kappa shape index (κ1) is 13.6. The van der Waals surface area contributed by atoms with Crippen LogP contribution in [0.4, 0.5) is 5.69 Å². The number of rotatable bonds is 4. The molecule has 0 saturated carbocycles. The molecule has 4 heteroatoms. The second-order valence-electron chi connectivity index (χ2n) is 4.29. The molecule has 2 aromatic carbocycles. The molecule has 100 valence electrons. The number of anilines is 1. The van der Waals surface area contributed by atoms with Crippen LogP contribution in [0.1, 0.15) is 21.5 Å². The third-order valence-corrected chi connectivity index (χ3v) is 2.96. The highest BCUT2D eigenvalue weighted by Crippen LogP contribution is 2.17. The summed E-state index contributed by atoms with van der Waals surface area (Å²) in [7, 11) is 1.75. The van der Waals surface area contributed by atoms with E-state index in [1.807, 2.05) is 36.4 Å². The van der Waals surface area contributed by atoms with Gasteiger partial charge in [-0.25, -0.2) is 0 Å². The van der Waals surface area contributed by atoms with Crippen molar-refractivity contribution >= 4 is 11.6 Å². The van der Waals surface area contributed by atoms with Gasteiger partial charge in [0.15, 0.2) is 0 Å². The van der Waals surface area contributed by atoms with Crippen LogP contribution in [0.3, 0.4) is 0 Å². The summed E-state index contributed by atoms with van der Waals surface area (Å²) in [5.41, 5.74) is 2.68. The van der Waals surface area contributed by atoms with Gasteiger partial charge in [0.25, 0.3) is 5.91 Å². The van der Waals surface area contributed by atoms with Gasteiger partial charge in [-0.1, -0.05) is 30.3 Å². The molecule has 0 heterocycles. The van der Waals surface area contributed by atoms with Gasteiger partial charge >= 0.3 is 0 Å². The number of nitrogens with zero attached hydrogens (tertiary/aromatic N) is 1. The largest absolute Gasteiger partial charge is 0.387 e. The van der Waals surface area contributed by atoms with Gasteiger partial charge in [0.1, 0.15) is 0 Å². The van der Waals surface area contributed by atoms with Crippen molar-refractivity contribution in [3.05, 3.63) is 65.2 Å². The van der Waals surface area contributed by atoms with E-state index < -0.39 is 0 Å². The number of carbonyl (C=O) groups excluding carboxylic acids is 1. The van der Waals surface area contributed by atoms with E-state index in [1.165, 1.54) is 0 Å². The molecular weight excluding hydrogens is 250 g/mol. The van der Waals surface area contributed by atoms with Crippen LogP contribution in [0, 0.1) is 11.3 Å². The lowest BCUT2D eigenvalue weighted by atomic mass is 10.1. The quantitative estimate of drug-likeness (QED) is 0.892. The third kappa shape index (κ3) is 3.15. The molecule has 4 nitrogen and oxygen atoms in total. The summed E-state index contributed by atoms with van der Waals surface area (Å²) >= 11 is 0. The maximum atomic E-state index is 12.2. The summed E-state index contributed by atoms with van der Waals surface area (Å²) in [6.07, 6.45) is 0. The zero-order valence-corrected chi connectivity index (χ0v) is 11.2. The second kappa shape index (κ2) is 6.39. The van der Waals surface area contributed by atoms with Crippen molar-refractivity contribution in [3.63, 3.8) is 0 Å². The van der Waals surface area contributed by atoms with Crippen molar-refractivity contribution in [2.45, 2.75) is 6.54 Å². The first-order valence-corrected chi connectivity index (χ1v) is 6.28. The van der Waals surface area contributed by atoms with E-state index in [4.69, 9.17) is 5.26 Å². The topological polar surface area (TPSA) is 64.9 Å². The normalized spacial score (nSPS) is 9.60. The fourth-order valence-electron chi connectivity index (χ4n) is 1.89. The molecule has 0 radical (unpaired) electrons. The molecule has 0 bridgehead atoms. The van der Waals surface area contributed by atoms with Gasteiger partial charge in [0, 0.05) is 19.3 Å². The van der Waals surface area contributed by atoms with E-state index >= 15 is 0 Å². The monoisotopic (exact) mass is 265 g/mol. The zero-order chi connectivity index (χ0) is 14.4. The van der Waals surface area contributed by atoms with Crippen LogP contribution >= 0.6 is 0 Å². The van der Waals surface area contributed by atoms with Crippen LogP contribution in [0.2, 0.25) is 0 Å². The Labute approximate surface area is 118 Å². The van der Waals surface area contributed by atoms with Crippen molar-refractivity contribution in [2.24, 2.45) is 0 Å². The summed E-state index contributed by atoms with van der Waals surface area (Å²) in [5.74, 6) is -0.199. The number of amides is 1. The molecule has 0 aliphatic carbocycles. The van der Waals surface area contributed by atoms with E-state index in [-0.39, 0.29) is 5.91 Å². The first-order chi connectivity index (χ1) is 9.74. The van der Waals surface area contributed by atoms with Gasteiger partial charge in [0.2, 0.25) is 0 Å². The van der Waals surface area contributed by atoms with Crippen LogP contribution in [0.15, 0.2) is 48.5 Å². The van der Waals surface area contributed by atoms with Crippen LogP contribution in [0.25, 0.3) is 0 Å². The number of nitrogens with one attached hydrogen (secondary N) is 2. The molecule has 20 heavy (non-hydrogen) atoms. The summed E-state index contributed by atoms with van der Waals surface area (Å²) in [5, 5.41) is 14.7. The Morgan fingerprint density at radius 3 is 2.60 bits per heavy atom. The molecular formula is C16H15N3O. The summed E-state index contributed by atoms with van der Waals surface area (Å²) in [6, 6.07) is 16.7. The number of carbonyl (C=O) groups is 1. The number of hydrogen-bond donors (Lipinski definition) is 2. The fraction of sp³-hybridized carbons (Fsp3) is 0.125. The molecule has 0 aliphatic heterocycles. The Bertz CT molecular complexity index is 645. The summed E-state index contributed by atoms with van der Waals surface area (Å²) in [4.78, 5) is 12.2. The molecule has 0 fully saturated rings. The number of nitriles is 1. The smallest absolute Gasteiger partial charge is 0.253 e. The maximum Gasteiger partial charge on any atom is 0.253 e. The van der Waals surface area contributed by atoms with Crippen molar-refractivity contribution in [3.8, 4) is 6.07 Å². The second-order valence-corrected chi connectivity index (χ2v) is 4.29. The number of hydrogen-bond acceptors (Lipinski definition) is 3. The van der Waals surface area contributed by atoms with Gasteiger partial charge in [-0.05, 0) is 23.8 Å². The summed E-state index contributed by atoms with van der Waals surface area (Å²) in [6.45, 7) is 0.458. The first-order valence-electron chi connectivity index (χ1n) is 6.28. The highest BCUT2D eigenvalue weighted by Gasteiger charge is 2.11. The Morgan fingerprint density at radius 1 is 1.20 bits per heavy atom. The van der Waals surface area contributed by atoms with Crippen LogP contribution in [-0.4, -0.2) is 13.0 Å². The summed E-state index contributed by atoms with van der Waals surface area (Å²) < 4.78 is 0. The van der Waals surface area contributed by atoms with Crippen LogP contribution in [-0.2, 0) is 6.54 Å². The molecule has 0 spiro atoms. The predicted octanol–water partition coefficient (Wildman–Crippen LogP) is 2.53. The zero-order valence-electron chi connectivity index (χ0n) is 11.2. The van der Waals surface area contributed by atoms with Gasteiger partial charge in [-0.3, -0.25) is 4.79 Å². The van der Waals surface area contributed by atoms with E-state index in [0.29, 0.717) is 23.4 Å². The predicted molar refractivity (Wildman–Crippen MR) is 78.3 cm³/mol. The highest BCUT2D eigenvalue weighted by atomic mass is 16.1. The Morgan fingerprint density at radius 2 is 1.95 bits per heavy atom. The molecule has 2 rings (SSSR count). The average molecular weight is 265 g/mol. The van der Waals surface area contributed by atoms with Crippen LogP contribution in [0.5, 0.6) is 0 Å². The Hall–Kier alpha value is -2.80. The lowest BCUT2D eigenvalue weighted by Crippen LogP contribution is -2.23. The Balaban J connectivity index is 2.14. The molecule has 0 atom stereocenters. The van der Waals surface area contributed by atoms with E-state index in [9.17, 15) is 4.79 Å². The SMILES string of the molecule is CNc1ccc(C#N)cc1C(=O)NCc1ccccc1. The van der Waals surface area contributed by atoms with Crippen molar-refractivity contribution in [1.82, 2.24) is 5.32 Å². The van der Waals surface area contributed by atoms with E-state index in [0.717, 1.165) is 5.56 Å². The molecule has 2 aromatic rings. The third-order valence-electron chi connectivity index (χ3n) is 2.96. The minimum absolute atomic E-state index is 0.199. The minimum Gasteiger partial charge on any atom is -0.387 e. The molecule has 0 aromatic heterocycles. The maximum absolute atomic E-state index is 12.2. The van der Waals surface area contributed by atoms with Gasteiger partial charge in [0.05, 0.1) is 17.2 Å². The highest BCUT2D eigenvalue weighted by molar-refractivity contribution is 5.99. The number of benzene rings is 2. The molecule has 2 N–H and O–H groups in total. The van der Waals surface area contributed by atoms with Crippen molar-refractivity contribution in [2.75, 3.05) is 12.4 Å². The average Bonchev–Trinajstić information content (AvgIpc) is 2.52. The van der Waals surface area contributed by atoms with E-state index in [1.54, 1.807) is 25.2 Å². The molecule has 0 saturated heterocycles. The van der Waals surface area contributed by atoms with Gasteiger partial charge in [-0.15, -0.1) is 0 Å². The molecule has 0 aliphatic rings. The Kier molecular flexibility index (Phi) is 4.35. The van der Waals surface area contributed by atoms with Crippen molar-refractivity contribution in [1.29, 1.82) is 5.26 Å². The fourth-order valence-corrected chi connectivity index (χ4v) is 1.89. The van der Waals surface area contributed by atoms with Gasteiger partial charge < -0.3 is 10.6 Å². The minimum atomic E-state index is -0.199. The lowest BCUT2D eigenvalue weighted by Gasteiger charge is -2.10. The van der Waals surface area contributed by atoms with Gasteiger partial charge in [-0.2, -0.15) is 5.26 Å². The molecule has 1 amide bonds. The van der Waals surface area contributed by atoms with Crippen LogP contribution < -0.4 is 10.6 Å². The van der Waals surface area contributed by atoms with E-state index in [2.05, 4.69) is 10.6 Å². The standard InChI is InChI=1S/C16H15N3O/c1-18-15-8-7-13(10-17)9-14(15)16(20)19-11-12-5-3-2-4-6-12/h2-9,18H,11H2,1H3,(H,19,20). The molecule has 0 unspecified atom stereocenters. The van der Waals surface area contributed by atoms with Crippen molar-refractivity contribution < 1.29 is 4.79 Å². The lowest BCUT2D eigenvalue weighted by molar-refractivity contribution is 0.0951.